The first kappa shape index (κ1) is 24.8. The van der Waals surface area contributed by atoms with Gasteiger partial charge in [0.2, 0.25) is 5.28 Å². The van der Waals surface area contributed by atoms with Crippen molar-refractivity contribution in [2.75, 3.05) is 6.61 Å². The van der Waals surface area contributed by atoms with Crippen LogP contribution in [0.2, 0.25) is 36.0 Å². The number of hydrogen-bond acceptors (Lipinski definition) is 4. The average molecular weight is 497 g/mol. The van der Waals surface area contributed by atoms with Crippen molar-refractivity contribution in [3.05, 3.63) is 61.0 Å². The molecule has 0 bridgehead atoms. The molecule has 0 aliphatic carbocycles. The maximum Gasteiger partial charge on any atom is 0.334 e. The summed E-state index contributed by atoms with van der Waals surface area (Å²) in [4.78, 5) is 30.9. The maximum atomic E-state index is 13.3. The normalized spacial score (nSPS) is 12.1. The zero-order chi connectivity index (χ0) is 23.5. The van der Waals surface area contributed by atoms with Crippen molar-refractivity contribution in [1.29, 1.82) is 0 Å². The van der Waals surface area contributed by atoms with Crippen LogP contribution in [0.1, 0.15) is 25.3 Å². The molecule has 0 radical (unpaired) electrons. The second-order valence-corrected chi connectivity index (χ2v) is 15.5. The molecule has 0 saturated heterocycles. The summed E-state index contributed by atoms with van der Waals surface area (Å²) in [5.74, 6) is 0. The summed E-state index contributed by atoms with van der Waals surface area (Å²) < 4.78 is 10.2. The van der Waals surface area contributed by atoms with E-state index in [2.05, 4.69) is 24.6 Å². The van der Waals surface area contributed by atoms with Gasteiger partial charge in [0.05, 0.1) is 6.54 Å². The third kappa shape index (κ3) is 5.73. The number of imidazole rings is 1. The van der Waals surface area contributed by atoms with Crippen LogP contribution >= 0.6 is 23.2 Å². The molecule has 0 saturated carbocycles. The molecule has 0 amide bonds. The van der Waals surface area contributed by atoms with E-state index in [-0.39, 0.29) is 23.2 Å². The summed E-state index contributed by atoms with van der Waals surface area (Å²) >= 11 is 12.4. The Bertz CT molecular complexity index is 1190. The van der Waals surface area contributed by atoms with Crippen molar-refractivity contribution in [2.24, 2.45) is 0 Å². The van der Waals surface area contributed by atoms with Crippen LogP contribution in [0.3, 0.4) is 0 Å². The number of halogens is 2. The Labute approximate surface area is 198 Å². The monoisotopic (exact) mass is 496 g/mol. The van der Waals surface area contributed by atoms with E-state index in [9.17, 15) is 9.59 Å². The Balaban J connectivity index is 2.07. The van der Waals surface area contributed by atoms with Gasteiger partial charge >= 0.3 is 5.69 Å². The first-order valence-electron chi connectivity index (χ1n) is 10.8. The van der Waals surface area contributed by atoms with Crippen molar-refractivity contribution in [1.82, 2.24) is 18.7 Å². The van der Waals surface area contributed by atoms with Crippen molar-refractivity contribution < 1.29 is 4.74 Å². The Morgan fingerprint density at radius 1 is 1.03 bits per heavy atom. The fourth-order valence-corrected chi connectivity index (χ4v) is 4.45. The third-order valence-corrected chi connectivity index (χ3v) is 7.52. The molecule has 0 aliphatic heterocycles. The highest BCUT2D eigenvalue weighted by molar-refractivity contribution is 6.76. The highest BCUT2D eigenvalue weighted by atomic mass is 35.5. The molecule has 0 spiro atoms. The lowest BCUT2D eigenvalue weighted by Crippen LogP contribution is -2.41. The molecule has 0 N–H and O–H groups in total. The minimum Gasteiger partial charge on any atom is -0.361 e. The van der Waals surface area contributed by atoms with Gasteiger partial charge in [0.15, 0.2) is 11.2 Å². The minimum atomic E-state index is -1.27. The van der Waals surface area contributed by atoms with E-state index in [1.165, 1.54) is 9.13 Å². The molecule has 0 atom stereocenters. The molecule has 0 aliphatic rings. The summed E-state index contributed by atoms with van der Waals surface area (Å²) in [6.45, 7) is 10.1. The number of aromatic nitrogens is 4. The number of rotatable bonds is 10. The van der Waals surface area contributed by atoms with Crippen molar-refractivity contribution in [3.8, 4) is 0 Å². The lowest BCUT2D eigenvalue weighted by molar-refractivity contribution is 0.0854. The molecule has 1 aromatic carbocycles. The Morgan fingerprint density at radius 2 is 1.72 bits per heavy atom. The van der Waals surface area contributed by atoms with Crippen molar-refractivity contribution >= 4 is 42.4 Å². The lowest BCUT2D eigenvalue weighted by Gasteiger charge is -2.16. The molecule has 0 fully saturated rings. The van der Waals surface area contributed by atoms with E-state index in [4.69, 9.17) is 27.9 Å². The molecule has 32 heavy (non-hydrogen) atoms. The van der Waals surface area contributed by atoms with Gasteiger partial charge in [0.1, 0.15) is 6.73 Å². The molecular weight excluding hydrogens is 467 g/mol. The quantitative estimate of drug-likeness (QED) is 0.229. The topological polar surface area (TPSA) is 71.1 Å². The van der Waals surface area contributed by atoms with Gasteiger partial charge in [-0.1, -0.05) is 56.7 Å². The fraction of sp³-hybridized carbons (Fsp3) is 0.500. The third-order valence-electron chi connectivity index (χ3n) is 5.27. The van der Waals surface area contributed by atoms with E-state index in [1.807, 2.05) is 19.1 Å². The largest absolute Gasteiger partial charge is 0.361 e. The molecule has 2 aromatic heterocycles. The van der Waals surface area contributed by atoms with E-state index in [0.29, 0.717) is 30.2 Å². The number of unbranched alkanes of at least 4 members (excludes halogenated alkanes) is 1. The number of nitrogens with zero attached hydrogens (tertiary/aromatic N) is 4. The maximum absolute atomic E-state index is 13.3. The van der Waals surface area contributed by atoms with Gasteiger partial charge in [0, 0.05) is 26.2 Å². The van der Waals surface area contributed by atoms with Gasteiger partial charge in [-0.15, -0.1) is 0 Å². The first-order chi connectivity index (χ1) is 15.1. The Morgan fingerprint density at radius 3 is 2.34 bits per heavy atom. The number of ether oxygens (including phenoxy) is 1. The molecule has 0 unspecified atom stereocenters. The number of benzene rings is 1. The smallest absolute Gasteiger partial charge is 0.334 e. The molecule has 7 nitrogen and oxygen atoms in total. The molecule has 3 rings (SSSR count). The van der Waals surface area contributed by atoms with Crippen LogP contribution in [0.5, 0.6) is 0 Å². The molecule has 174 valence electrons. The predicted molar refractivity (Wildman–Crippen MR) is 133 cm³/mol. The summed E-state index contributed by atoms with van der Waals surface area (Å²) in [7, 11) is -1.27. The lowest BCUT2D eigenvalue weighted by atomic mass is 10.2. The van der Waals surface area contributed by atoms with E-state index < -0.39 is 13.8 Å². The van der Waals surface area contributed by atoms with Crippen LogP contribution in [0, 0.1) is 0 Å². The standard InChI is InChI=1S/C22H30Cl2N4O3Si/c1-5-6-11-26-20(29)18-19(28(22(26)30)15-31-12-13-32(2,3)4)25-21(24)27(18)14-16-7-9-17(23)10-8-16/h7-10H,5-6,11-15H2,1-4H3. The van der Waals surface area contributed by atoms with Gasteiger partial charge in [-0.2, -0.15) is 4.98 Å². The first-order valence-corrected chi connectivity index (χ1v) is 15.3. The highest BCUT2D eigenvalue weighted by Crippen LogP contribution is 2.19. The molecule has 2 heterocycles. The van der Waals surface area contributed by atoms with E-state index in [1.54, 1.807) is 16.7 Å². The fourth-order valence-electron chi connectivity index (χ4n) is 3.34. The summed E-state index contributed by atoms with van der Waals surface area (Å²) in [5, 5.41) is 0.775. The van der Waals surface area contributed by atoms with Crippen molar-refractivity contribution in [2.45, 2.75) is 65.3 Å². The second-order valence-electron chi connectivity index (χ2n) is 9.13. The average Bonchev–Trinajstić information content (AvgIpc) is 3.04. The minimum absolute atomic E-state index is 0.0283. The SMILES string of the molecule is CCCCn1c(=O)c2c(nc(Cl)n2Cc2ccc(Cl)cc2)n(COCC[Si](C)(C)C)c1=O. The van der Waals surface area contributed by atoms with Crippen LogP contribution in [0.4, 0.5) is 0 Å². The second kappa shape index (κ2) is 10.4. The van der Waals surface area contributed by atoms with Crippen LogP contribution in [-0.2, 0) is 24.6 Å². The summed E-state index contributed by atoms with van der Waals surface area (Å²) in [6.07, 6.45) is 1.58. The zero-order valence-electron chi connectivity index (χ0n) is 19.0. The van der Waals surface area contributed by atoms with Gasteiger partial charge < -0.3 is 9.30 Å². The van der Waals surface area contributed by atoms with Gasteiger partial charge in [-0.3, -0.25) is 13.9 Å². The van der Waals surface area contributed by atoms with E-state index >= 15 is 0 Å². The summed E-state index contributed by atoms with van der Waals surface area (Å²) in [6, 6.07) is 8.29. The predicted octanol–water partition coefficient (Wildman–Crippen LogP) is 4.83. The van der Waals surface area contributed by atoms with E-state index in [0.717, 1.165) is 24.4 Å². The molecule has 10 heteroatoms. The summed E-state index contributed by atoms with van der Waals surface area (Å²) in [5.41, 5.74) is 0.662. The van der Waals surface area contributed by atoms with Gasteiger partial charge in [0.25, 0.3) is 5.56 Å². The van der Waals surface area contributed by atoms with Crippen LogP contribution in [0.15, 0.2) is 33.9 Å². The van der Waals surface area contributed by atoms with Gasteiger partial charge in [-0.25, -0.2) is 4.79 Å². The molecule has 3 aromatic rings. The van der Waals surface area contributed by atoms with Crippen LogP contribution in [-0.4, -0.2) is 33.4 Å². The molecular formula is C22H30Cl2N4O3Si. The van der Waals surface area contributed by atoms with Crippen LogP contribution in [0.25, 0.3) is 11.2 Å². The van der Waals surface area contributed by atoms with Crippen LogP contribution < -0.4 is 11.2 Å². The van der Waals surface area contributed by atoms with Crippen molar-refractivity contribution in [3.63, 3.8) is 0 Å². The Hall–Kier alpha value is -1.87. The van der Waals surface area contributed by atoms with Gasteiger partial charge in [-0.05, 0) is 41.8 Å². The number of fused-ring (bicyclic) bond motifs is 1. The highest BCUT2D eigenvalue weighted by Gasteiger charge is 2.21. The zero-order valence-corrected chi connectivity index (χ0v) is 21.5. The Kier molecular flexibility index (Phi) is 8.03. The number of hydrogen-bond donors (Lipinski definition) is 0.